The molecule has 0 aliphatic rings. The summed E-state index contributed by atoms with van der Waals surface area (Å²) in [7, 11) is 0. The second kappa shape index (κ2) is 4.33. The Balaban J connectivity index is 2.68. The Labute approximate surface area is 96.7 Å². The number of amides is 1. The molecule has 0 unspecified atom stereocenters. The average molecular weight is 233 g/mol. The van der Waals surface area contributed by atoms with Crippen LogP contribution in [0.15, 0.2) is 42.5 Å². The van der Waals surface area contributed by atoms with Crippen molar-refractivity contribution in [2.24, 2.45) is 5.73 Å². The molecule has 2 aromatic rings. The van der Waals surface area contributed by atoms with Crippen LogP contribution in [0.1, 0.15) is 10.4 Å². The molecule has 0 saturated carbocycles. The van der Waals surface area contributed by atoms with Gasteiger partial charge < -0.3 is 5.73 Å². The molecule has 2 aromatic carbocycles. The second-order valence-electron chi connectivity index (χ2n) is 3.53. The molecule has 0 fully saturated rings. The summed E-state index contributed by atoms with van der Waals surface area (Å²) in [6.07, 6.45) is 0. The van der Waals surface area contributed by atoms with E-state index in [4.69, 9.17) is 5.73 Å². The maximum absolute atomic E-state index is 13.6. The van der Waals surface area contributed by atoms with E-state index < -0.39 is 17.5 Å². The smallest absolute Gasteiger partial charge is 0.249 e. The summed E-state index contributed by atoms with van der Waals surface area (Å²) < 4.78 is 26.7. The Bertz CT molecular complexity index is 581. The summed E-state index contributed by atoms with van der Waals surface area (Å²) in [4.78, 5) is 11.2. The first-order valence-corrected chi connectivity index (χ1v) is 4.94. The van der Waals surface area contributed by atoms with Gasteiger partial charge in [0.1, 0.15) is 11.6 Å². The van der Waals surface area contributed by atoms with Gasteiger partial charge >= 0.3 is 0 Å². The van der Waals surface area contributed by atoms with Crippen LogP contribution < -0.4 is 5.73 Å². The third kappa shape index (κ3) is 2.15. The molecule has 4 heteroatoms. The number of carbonyl (C=O) groups excluding carboxylic acids is 1. The first-order valence-electron chi connectivity index (χ1n) is 4.94. The van der Waals surface area contributed by atoms with Crippen LogP contribution in [0, 0.1) is 11.6 Å². The predicted molar refractivity (Wildman–Crippen MR) is 60.3 cm³/mol. The number of carbonyl (C=O) groups is 1. The Morgan fingerprint density at radius 3 is 2.41 bits per heavy atom. The lowest BCUT2D eigenvalue weighted by Crippen LogP contribution is -2.12. The molecule has 0 spiro atoms. The van der Waals surface area contributed by atoms with Gasteiger partial charge in [-0.1, -0.05) is 18.2 Å². The average Bonchev–Trinajstić information content (AvgIpc) is 2.32. The number of nitrogens with two attached hydrogens (primary N) is 1. The SMILES string of the molecule is NC(=O)c1ccccc1-c1cc(F)ccc1F. The maximum Gasteiger partial charge on any atom is 0.249 e. The lowest BCUT2D eigenvalue weighted by molar-refractivity contribution is 0.100. The summed E-state index contributed by atoms with van der Waals surface area (Å²) in [6.45, 7) is 0. The number of rotatable bonds is 2. The molecule has 86 valence electrons. The van der Waals surface area contributed by atoms with Crippen LogP contribution in [0.2, 0.25) is 0 Å². The van der Waals surface area contributed by atoms with Gasteiger partial charge in [0.05, 0.1) is 0 Å². The van der Waals surface area contributed by atoms with Crippen LogP contribution in [-0.4, -0.2) is 5.91 Å². The summed E-state index contributed by atoms with van der Waals surface area (Å²) in [5.41, 5.74) is 5.66. The van der Waals surface area contributed by atoms with E-state index in [-0.39, 0.29) is 16.7 Å². The Morgan fingerprint density at radius 1 is 1.00 bits per heavy atom. The van der Waals surface area contributed by atoms with E-state index in [1.807, 2.05) is 0 Å². The van der Waals surface area contributed by atoms with Crippen molar-refractivity contribution >= 4 is 5.91 Å². The monoisotopic (exact) mass is 233 g/mol. The van der Waals surface area contributed by atoms with E-state index in [1.54, 1.807) is 12.1 Å². The van der Waals surface area contributed by atoms with Crippen molar-refractivity contribution in [1.82, 2.24) is 0 Å². The summed E-state index contributed by atoms with van der Waals surface area (Å²) in [5.74, 6) is -1.84. The minimum atomic E-state index is -0.677. The van der Waals surface area contributed by atoms with Crippen LogP contribution in [-0.2, 0) is 0 Å². The molecule has 0 heterocycles. The van der Waals surface area contributed by atoms with Crippen LogP contribution in [0.4, 0.5) is 8.78 Å². The highest BCUT2D eigenvalue weighted by Crippen LogP contribution is 2.26. The molecule has 1 amide bonds. The van der Waals surface area contributed by atoms with E-state index in [0.29, 0.717) is 0 Å². The van der Waals surface area contributed by atoms with Gasteiger partial charge in [0.15, 0.2) is 0 Å². The van der Waals surface area contributed by atoms with Gasteiger partial charge in [0.25, 0.3) is 0 Å². The first kappa shape index (κ1) is 11.3. The topological polar surface area (TPSA) is 43.1 Å². The highest BCUT2D eigenvalue weighted by atomic mass is 19.1. The standard InChI is InChI=1S/C13H9F2NO/c14-8-5-6-12(15)11(7-8)9-3-1-2-4-10(9)13(16)17/h1-7H,(H2,16,17). The number of hydrogen-bond donors (Lipinski definition) is 1. The maximum atomic E-state index is 13.6. The molecule has 2 rings (SSSR count). The summed E-state index contributed by atoms with van der Waals surface area (Å²) in [5, 5.41) is 0. The predicted octanol–water partition coefficient (Wildman–Crippen LogP) is 2.73. The molecule has 0 aliphatic carbocycles. The molecule has 0 saturated heterocycles. The van der Waals surface area contributed by atoms with E-state index in [1.165, 1.54) is 12.1 Å². The first-order chi connectivity index (χ1) is 8.09. The van der Waals surface area contributed by atoms with E-state index in [9.17, 15) is 13.6 Å². The molecule has 0 atom stereocenters. The van der Waals surface area contributed by atoms with Gasteiger partial charge in [0.2, 0.25) is 5.91 Å². The van der Waals surface area contributed by atoms with Crippen LogP contribution in [0.25, 0.3) is 11.1 Å². The van der Waals surface area contributed by atoms with Crippen molar-refractivity contribution in [2.45, 2.75) is 0 Å². The van der Waals surface area contributed by atoms with Crippen molar-refractivity contribution in [2.75, 3.05) is 0 Å². The minimum Gasteiger partial charge on any atom is -0.366 e. The van der Waals surface area contributed by atoms with Gasteiger partial charge in [-0.15, -0.1) is 0 Å². The van der Waals surface area contributed by atoms with Crippen LogP contribution in [0.3, 0.4) is 0 Å². The number of primary amides is 1. The lowest BCUT2D eigenvalue weighted by atomic mass is 9.99. The molecule has 2 N–H and O–H groups in total. The largest absolute Gasteiger partial charge is 0.366 e. The van der Waals surface area contributed by atoms with Crippen LogP contribution >= 0.6 is 0 Å². The molecule has 2 nitrogen and oxygen atoms in total. The molecule has 0 aliphatic heterocycles. The zero-order valence-electron chi connectivity index (χ0n) is 8.78. The van der Waals surface area contributed by atoms with Crippen molar-refractivity contribution in [1.29, 1.82) is 0 Å². The zero-order valence-corrected chi connectivity index (χ0v) is 8.78. The van der Waals surface area contributed by atoms with E-state index >= 15 is 0 Å². The Kier molecular flexibility index (Phi) is 2.87. The van der Waals surface area contributed by atoms with Crippen molar-refractivity contribution in [3.8, 4) is 11.1 Å². The van der Waals surface area contributed by atoms with Gasteiger partial charge in [-0.05, 0) is 29.8 Å². The Morgan fingerprint density at radius 2 is 1.71 bits per heavy atom. The van der Waals surface area contributed by atoms with Gasteiger partial charge in [-0.2, -0.15) is 0 Å². The quantitative estimate of drug-likeness (QED) is 0.851. The van der Waals surface area contributed by atoms with Crippen molar-refractivity contribution < 1.29 is 13.6 Å². The van der Waals surface area contributed by atoms with Crippen molar-refractivity contribution in [3.05, 3.63) is 59.7 Å². The van der Waals surface area contributed by atoms with Gasteiger partial charge in [-0.3, -0.25) is 4.79 Å². The second-order valence-corrected chi connectivity index (χ2v) is 3.53. The minimum absolute atomic E-state index is 0.0272. The highest BCUT2D eigenvalue weighted by molar-refractivity contribution is 5.99. The van der Waals surface area contributed by atoms with Gasteiger partial charge in [0, 0.05) is 11.1 Å². The number of hydrogen-bond acceptors (Lipinski definition) is 1. The van der Waals surface area contributed by atoms with Crippen molar-refractivity contribution in [3.63, 3.8) is 0 Å². The molecule has 0 aromatic heterocycles. The summed E-state index contributed by atoms with van der Waals surface area (Å²) >= 11 is 0. The third-order valence-electron chi connectivity index (χ3n) is 2.41. The lowest BCUT2D eigenvalue weighted by Gasteiger charge is -2.07. The fourth-order valence-electron chi connectivity index (χ4n) is 1.64. The molecular weight excluding hydrogens is 224 g/mol. The molecule has 0 bridgehead atoms. The third-order valence-corrected chi connectivity index (χ3v) is 2.41. The molecular formula is C13H9F2NO. The van der Waals surface area contributed by atoms with Crippen LogP contribution in [0.5, 0.6) is 0 Å². The highest BCUT2D eigenvalue weighted by Gasteiger charge is 2.13. The fraction of sp³-hybridized carbons (Fsp3) is 0. The Hall–Kier alpha value is -2.23. The van der Waals surface area contributed by atoms with E-state index in [0.717, 1.165) is 18.2 Å². The summed E-state index contributed by atoms with van der Waals surface area (Å²) in [6, 6.07) is 9.32. The fourth-order valence-corrected chi connectivity index (χ4v) is 1.64. The van der Waals surface area contributed by atoms with E-state index in [2.05, 4.69) is 0 Å². The zero-order chi connectivity index (χ0) is 12.4. The number of benzene rings is 2. The normalized spacial score (nSPS) is 10.2. The van der Waals surface area contributed by atoms with Gasteiger partial charge in [-0.25, -0.2) is 8.78 Å². The number of halogens is 2. The molecule has 17 heavy (non-hydrogen) atoms. The molecule has 0 radical (unpaired) electrons.